The molecular weight excluding hydrogens is 346 g/mol. The third kappa shape index (κ3) is 3.15. The summed E-state index contributed by atoms with van der Waals surface area (Å²) in [6.45, 7) is 1.50. The maximum absolute atomic E-state index is 12.5. The van der Waals surface area contributed by atoms with Crippen molar-refractivity contribution in [2.45, 2.75) is 19.5 Å². The van der Waals surface area contributed by atoms with Crippen LogP contribution >= 0.6 is 0 Å². The number of amides is 1. The molecular formula is C20H17N3O4. The van der Waals surface area contributed by atoms with Gasteiger partial charge in [-0.05, 0) is 31.2 Å². The van der Waals surface area contributed by atoms with Crippen LogP contribution in [0.15, 0.2) is 68.6 Å². The van der Waals surface area contributed by atoms with Crippen molar-refractivity contribution in [3.63, 3.8) is 0 Å². The third-order valence-corrected chi connectivity index (χ3v) is 4.43. The van der Waals surface area contributed by atoms with E-state index >= 15 is 0 Å². The molecule has 2 aromatic heterocycles. The molecule has 0 saturated heterocycles. The minimum absolute atomic E-state index is 0.277. The average Bonchev–Trinajstić information content (AvgIpc) is 3.10. The molecule has 2 heterocycles. The first-order valence-electron chi connectivity index (χ1n) is 8.52. The van der Waals surface area contributed by atoms with Crippen molar-refractivity contribution in [1.82, 2.24) is 15.1 Å². The van der Waals surface area contributed by atoms with Gasteiger partial charge in [0, 0.05) is 5.39 Å². The Morgan fingerprint density at radius 1 is 1.11 bits per heavy atom. The number of rotatable bonds is 4. The topological polar surface area (TPSA) is 97.1 Å². The van der Waals surface area contributed by atoms with Crippen LogP contribution in [0.3, 0.4) is 0 Å². The van der Waals surface area contributed by atoms with Gasteiger partial charge in [-0.1, -0.05) is 30.3 Å². The summed E-state index contributed by atoms with van der Waals surface area (Å²) in [4.78, 5) is 37.0. The molecule has 27 heavy (non-hydrogen) atoms. The van der Waals surface area contributed by atoms with Crippen molar-refractivity contribution >= 4 is 27.6 Å². The Labute approximate surface area is 153 Å². The van der Waals surface area contributed by atoms with Crippen LogP contribution in [0, 0.1) is 0 Å². The number of carbonyl (C=O) groups is 1. The minimum Gasteiger partial charge on any atom is -0.459 e. The highest BCUT2D eigenvalue weighted by atomic mass is 16.3. The smallest absolute Gasteiger partial charge is 0.273 e. The Morgan fingerprint density at radius 2 is 1.81 bits per heavy atom. The van der Waals surface area contributed by atoms with E-state index in [0.717, 1.165) is 15.7 Å². The predicted octanol–water partition coefficient (Wildman–Crippen LogP) is 2.31. The lowest BCUT2D eigenvalue weighted by atomic mass is 10.2. The lowest BCUT2D eigenvalue weighted by Crippen LogP contribution is -2.37. The second-order valence-corrected chi connectivity index (χ2v) is 6.35. The highest BCUT2D eigenvalue weighted by molar-refractivity contribution is 5.81. The molecule has 0 saturated carbocycles. The number of H-pyrrole nitrogens is 1. The zero-order valence-corrected chi connectivity index (χ0v) is 14.6. The van der Waals surface area contributed by atoms with Gasteiger partial charge in [0.05, 0.1) is 16.8 Å². The number of hydrogen-bond acceptors (Lipinski definition) is 4. The molecule has 0 aliphatic carbocycles. The summed E-state index contributed by atoms with van der Waals surface area (Å²) in [5.41, 5.74) is -0.0937. The molecule has 2 N–H and O–H groups in total. The Bertz CT molecular complexity index is 1230. The number of nitrogens with zero attached hydrogens (tertiary/aromatic N) is 1. The van der Waals surface area contributed by atoms with E-state index in [0.29, 0.717) is 11.1 Å². The Balaban J connectivity index is 1.55. The predicted molar refractivity (Wildman–Crippen MR) is 102 cm³/mol. The van der Waals surface area contributed by atoms with Crippen molar-refractivity contribution in [3.8, 4) is 0 Å². The molecule has 0 aliphatic heterocycles. The fraction of sp³-hybridized carbons (Fsp3) is 0.150. The number of nitrogens with one attached hydrogen (secondary N) is 2. The monoisotopic (exact) mass is 363 g/mol. The lowest BCUT2D eigenvalue weighted by Gasteiger charge is -2.12. The fourth-order valence-corrected chi connectivity index (χ4v) is 3.08. The van der Waals surface area contributed by atoms with Gasteiger partial charge in [-0.15, -0.1) is 0 Å². The van der Waals surface area contributed by atoms with Crippen LogP contribution in [0.2, 0.25) is 0 Å². The normalized spacial score (nSPS) is 12.3. The van der Waals surface area contributed by atoms with Crippen molar-refractivity contribution in [1.29, 1.82) is 0 Å². The maximum Gasteiger partial charge on any atom is 0.273 e. The van der Waals surface area contributed by atoms with Crippen LogP contribution in [0.25, 0.3) is 21.7 Å². The van der Waals surface area contributed by atoms with Crippen molar-refractivity contribution < 1.29 is 9.21 Å². The van der Waals surface area contributed by atoms with Crippen LogP contribution < -0.4 is 16.4 Å². The SMILES string of the molecule is CC(NC(=O)Cn1[nH]c(=O)c2ccccc2c1=O)c1cc2ccccc2o1. The highest BCUT2D eigenvalue weighted by Gasteiger charge is 2.16. The quantitative estimate of drug-likeness (QED) is 0.581. The molecule has 1 unspecified atom stereocenters. The summed E-state index contributed by atoms with van der Waals surface area (Å²) >= 11 is 0. The molecule has 1 atom stereocenters. The average molecular weight is 363 g/mol. The summed E-state index contributed by atoms with van der Waals surface area (Å²) in [6, 6.07) is 15.6. The highest BCUT2D eigenvalue weighted by Crippen LogP contribution is 2.23. The minimum atomic E-state index is -0.420. The van der Waals surface area contributed by atoms with Crippen molar-refractivity contribution in [2.24, 2.45) is 0 Å². The number of aromatic amines is 1. The van der Waals surface area contributed by atoms with E-state index in [1.165, 1.54) is 0 Å². The van der Waals surface area contributed by atoms with Gasteiger partial charge in [0.25, 0.3) is 11.1 Å². The van der Waals surface area contributed by atoms with E-state index in [1.807, 2.05) is 30.3 Å². The zero-order chi connectivity index (χ0) is 19.0. The van der Waals surface area contributed by atoms with Crippen LogP contribution in [0.5, 0.6) is 0 Å². The lowest BCUT2D eigenvalue weighted by molar-refractivity contribution is -0.122. The van der Waals surface area contributed by atoms with E-state index in [-0.39, 0.29) is 18.0 Å². The number of para-hydroxylation sites is 1. The molecule has 0 spiro atoms. The summed E-state index contributed by atoms with van der Waals surface area (Å²) in [5, 5.41) is 6.76. The van der Waals surface area contributed by atoms with E-state index < -0.39 is 17.0 Å². The largest absolute Gasteiger partial charge is 0.459 e. The van der Waals surface area contributed by atoms with Crippen LogP contribution in [-0.2, 0) is 11.3 Å². The first-order chi connectivity index (χ1) is 13.0. The van der Waals surface area contributed by atoms with Gasteiger partial charge in [0.15, 0.2) is 0 Å². The van der Waals surface area contributed by atoms with E-state index in [1.54, 1.807) is 31.2 Å². The molecule has 0 aliphatic rings. The Hall–Kier alpha value is -3.61. The standard InChI is InChI=1S/C20H17N3O4/c1-12(17-10-13-6-2-5-9-16(13)27-17)21-18(24)11-23-20(26)15-8-4-3-7-14(15)19(25)22-23/h2-10,12H,11H2,1H3,(H,21,24)(H,22,25). The van der Waals surface area contributed by atoms with Crippen molar-refractivity contribution in [2.75, 3.05) is 0 Å². The molecule has 1 amide bonds. The van der Waals surface area contributed by atoms with Gasteiger partial charge in [0.1, 0.15) is 17.9 Å². The van der Waals surface area contributed by atoms with Gasteiger partial charge in [-0.3, -0.25) is 19.5 Å². The summed E-state index contributed by atoms with van der Waals surface area (Å²) in [7, 11) is 0. The third-order valence-electron chi connectivity index (χ3n) is 4.43. The molecule has 4 aromatic rings. The number of benzene rings is 2. The molecule has 7 nitrogen and oxygen atoms in total. The van der Waals surface area contributed by atoms with Gasteiger partial charge in [-0.2, -0.15) is 0 Å². The molecule has 0 radical (unpaired) electrons. The first-order valence-corrected chi connectivity index (χ1v) is 8.52. The molecule has 0 bridgehead atoms. The van der Waals surface area contributed by atoms with E-state index in [2.05, 4.69) is 10.4 Å². The number of aromatic nitrogens is 2. The fourth-order valence-electron chi connectivity index (χ4n) is 3.08. The maximum atomic E-state index is 12.5. The van der Waals surface area contributed by atoms with Crippen LogP contribution in [-0.4, -0.2) is 15.7 Å². The zero-order valence-electron chi connectivity index (χ0n) is 14.6. The number of furan rings is 1. The summed E-state index contributed by atoms with van der Waals surface area (Å²) < 4.78 is 6.76. The number of hydrogen-bond donors (Lipinski definition) is 2. The van der Waals surface area contributed by atoms with E-state index in [4.69, 9.17) is 4.42 Å². The van der Waals surface area contributed by atoms with E-state index in [9.17, 15) is 14.4 Å². The Kier molecular flexibility index (Phi) is 4.12. The molecule has 2 aromatic carbocycles. The number of fused-ring (bicyclic) bond motifs is 2. The Morgan fingerprint density at radius 3 is 2.59 bits per heavy atom. The van der Waals surface area contributed by atoms with Crippen molar-refractivity contribution in [3.05, 3.63) is 81.1 Å². The number of carbonyl (C=O) groups excluding carboxylic acids is 1. The first kappa shape index (κ1) is 16.8. The molecule has 7 heteroatoms. The summed E-state index contributed by atoms with van der Waals surface area (Å²) in [6.07, 6.45) is 0. The van der Waals surface area contributed by atoms with Gasteiger partial charge in [-0.25, -0.2) is 4.68 Å². The van der Waals surface area contributed by atoms with Gasteiger partial charge in [0.2, 0.25) is 5.91 Å². The molecule has 4 rings (SSSR count). The molecule has 0 fully saturated rings. The van der Waals surface area contributed by atoms with Crippen LogP contribution in [0.1, 0.15) is 18.7 Å². The second kappa shape index (κ2) is 6.60. The summed E-state index contributed by atoms with van der Waals surface area (Å²) in [5.74, 6) is 0.208. The second-order valence-electron chi connectivity index (χ2n) is 6.35. The molecule has 136 valence electrons. The van der Waals surface area contributed by atoms with Gasteiger partial charge >= 0.3 is 0 Å². The van der Waals surface area contributed by atoms with Crippen LogP contribution in [0.4, 0.5) is 0 Å². The van der Waals surface area contributed by atoms with Gasteiger partial charge < -0.3 is 9.73 Å².